The monoisotopic (exact) mass is 576 g/mol. The standard InChI is InChI=1S/C28H21FN2O5S.C2H4O2/c1-14-11-16-12-15(7-10-21(16)36-14)25(32)23-24(18-5-3-4-6-19(18)29)31(27(34)26(23)33)28-30-20-9-8-17(35-2)13-22(20)37-28;1-2(3)4/h3-10,12-14,24,32H,11H2,1-2H3;1H3,(H,3,4)/b25-23+;. The number of aromatic nitrogens is 1. The molecule has 3 heterocycles. The van der Waals surface area contributed by atoms with Gasteiger partial charge in [0.05, 0.1) is 22.9 Å². The van der Waals surface area contributed by atoms with Gasteiger partial charge < -0.3 is 19.7 Å². The quantitative estimate of drug-likeness (QED) is 0.186. The molecule has 3 aromatic carbocycles. The lowest BCUT2D eigenvalue weighted by molar-refractivity contribution is -0.134. The molecule has 9 nitrogen and oxygen atoms in total. The van der Waals surface area contributed by atoms with E-state index in [0.717, 1.165) is 17.2 Å². The molecule has 2 aliphatic rings. The number of rotatable bonds is 4. The van der Waals surface area contributed by atoms with Gasteiger partial charge in [-0.15, -0.1) is 0 Å². The molecule has 0 spiro atoms. The summed E-state index contributed by atoms with van der Waals surface area (Å²) in [5, 5.41) is 19.0. The van der Waals surface area contributed by atoms with Gasteiger partial charge in [-0.25, -0.2) is 9.37 Å². The van der Waals surface area contributed by atoms with Crippen molar-refractivity contribution < 1.29 is 38.5 Å². The number of thiazole rings is 1. The van der Waals surface area contributed by atoms with Crippen molar-refractivity contribution in [2.24, 2.45) is 0 Å². The number of hydrogen-bond donors (Lipinski definition) is 2. The summed E-state index contributed by atoms with van der Waals surface area (Å²) >= 11 is 1.18. The van der Waals surface area contributed by atoms with Crippen molar-refractivity contribution in [3.63, 3.8) is 0 Å². The van der Waals surface area contributed by atoms with Gasteiger partial charge in [-0.3, -0.25) is 19.3 Å². The van der Waals surface area contributed by atoms with Crippen molar-refractivity contribution >= 4 is 50.1 Å². The van der Waals surface area contributed by atoms with Crippen LogP contribution in [0.3, 0.4) is 0 Å². The van der Waals surface area contributed by atoms with E-state index in [9.17, 15) is 14.7 Å². The molecule has 1 amide bonds. The topological polar surface area (TPSA) is 126 Å². The Morgan fingerprint density at radius 3 is 2.56 bits per heavy atom. The number of ketones is 1. The molecule has 4 aromatic rings. The van der Waals surface area contributed by atoms with Crippen LogP contribution in [0.5, 0.6) is 11.5 Å². The Hall–Kier alpha value is -4.77. The van der Waals surface area contributed by atoms with Crippen LogP contribution in [0.2, 0.25) is 0 Å². The Morgan fingerprint density at radius 1 is 1.12 bits per heavy atom. The first-order chi connectivity index (χ1) is 19.6. The van der Waals surface area contributed by atoms with Gasteiger partial charge in [0.1, 0.15) is 35.2 Å². The average molecular weight is 577 g/mol. The summed E-state index contributed by atoms with van der Waals surface area (Å²) in [4.78, 5) is 41.5. The second-order valence-electron chi connectivity index (χ2n) is 9.49. The summed E-state index contributed by atoms with van der Waals surface area (Å²) in [6, 6.07) is 15.1. The number of carboxylic acids is 1. The molecule has 1 saturated heterocycles. The number of halogens is 1. The lowest BCUT2D eigenvalue weighted by Crippen LogP contribution is -2.29. The number of benzene rings is 3. The molecule has 0 radical (unpaired) electrons. The minimum Gasteiger partial charge on any atom is -0.507 e. The number of nitrogens with zero attached hydrogens (tertiary/aromatic N) is 2. The predicted molar refractivity (Wildman–Crippen MR) is 151 cm³/mol. The van der Waals surface area contributed by atoms with E-state index in [4.69, 9.17) is 19.4 Å². The van der Waals surface area contributed by atoms with E-state index in [1.807, 2.05) is 6.92 Å². The Morgan fingerprint density at radius 2 is 1.85 bits per heavy atom. The number of Topliss-reactive ketones (excluding diaryl/α,β-unsaturated/α-hetero) is 1. The van der Waals surface area contributed by atoms with E-state index in [0.29, 0.717) is 29.0 Å². The van der Waals surface area contributed by atoms with Crippen LogP contribution in [0.4, 0.5) is 9.52 Å². The van der Waals surface area contributed by atoms with E-state index < -0.39 is 29.5 Å². The van der Waals surface area contributed by atoms with Crippen LogP contribution in [0.15, 0.2) is 66.2 Å². The second-order valence-corrected chi connectivity index (χ2v) is 10.5. The van der Waals surface area contributed by atoms with Gasteiger partial charge in [-0.2, -0.15) is 0 Å². The summed E-state index contributed by atoms with van der Waals surface area (Å²) in [5.74, 6) is -2.29. The fourth-order valence-corrected chi connectivity index (χ4v) is 5.89. The zero-order chi connectivity index (χ0) is 29.4. The smallest absolute Gasteiger partial charge is 0.301 e. The maximum absolute atomic E-state index is 15.1. The molecule has 2 unspecified atom stereocenters. The number of carboxylic acid groups (broad SMARTS) is 1. The molecular weight excluding hydrogens is 551 g/mol. The number of carbonyl (C=O) groups is 3. The molecule has 1 aromatic heterocycles. The minimum atomic E-state index is -1.20. The lowest BCUT2D eigenvalue weighted by Gasteiger charge is -2.23. The summed E-state index contributed by atoms with van der Waals surface area (Å²) < 4.78 is 26.9. The van der Waals surface area contributed by atoms with Crippen molar-refractivity contribution in [3.8, 4) is 11.5 Å². The first-order valence-corrected chi connectivity index (χ1v) is 13.4. The SMILES string of the molecule is CC(=O)O.COc1ccc2nc(N3C(=O)C(=O)/C(=C(/O)c4ccc5c(c4)CC(C)O5)C3c3ccccc3F)sc2c1. The highest BCUT2D eigenvalue weighted by molar-refractivity contribution is 7.22. The molecular formula is C30H25FN2O7S. The average Bonchev–Trinajstić information content (AvgIpc) is 3.60. The highest BCUT2D eigenvalue weighted by atomic mass is 32.1. The van der Waals surface area contributed by atoms with Gasteiger partial charge in [0.15, 0.2) is 5.13 Å². The van der Waals surface area contributed by atoms with Crippen molar-refractivity contribution in [3.05, 3.63) is 88.7 Å². The number of fused-ring (bicyclic) bond motifs is 2. The molecule has 0 bridgehead atoms. The fourth-order valence-electron chi connectivity index (χ4n) is 4.87. The molecule has 0 saturated carbocycles. The van der Waals surface area contributed by atoms with Crippen LogP contribution < -0.4 is 14.4 Å². The summed E-state index contributed by atoms with van der Waals surface area (Å²) in [5.41, 5.74) is 1.72. The van der Waals surface area contributed by atoms with Gasteiger partial charge in [0.25, 0.3) is 11.8 Å². The Kier molecular flexibility index (Phi) is 7.46. The van der Waals surface area contributed by atoms with Crippen LogP contribution in [-0.2, 0) is 20.8 Å². The number of anilines is 1. The first kappa shape index (κ1) is 27.8. The number of aliphatic carboxylic acids is 1. The maximum Gasteiger partial charge on any atom is 0.301 e. The number of methoxy groups -OCH3 is 1. The van der Waals surface area contributed by atoms with Crippen LogP contribution >= 0.6 is 11.3 Å². The number of ether oxygens (including phenoxy) is 2. The largest absolute Gasteiger partial charge is 0.507 e. The van der Waals surface area contributed by atoms with Gasteiger partial charge in [0.2, 0.25) is 0 Å². The Balaban J connectivity index is 0.000000794. The molecule has 1 fully saturated rings. The van der Waals surface area contributed by atoms with Crippen molar-refractivity contribution in [1.29, 1.82) is 0 Å². The zero-order valence-corrected chi connectivity index (χ0v) is 23.1. The van der Waals surface area contributed by atoms with Crippen molar-refractivity contribution in [1.82, 2.24) is 4.98 Å². The van der Waals surface area contributed by atoms with Crippen LogP contribution in [0.1, 0.15) is 36.6 Å². The molecule has 0 aliphatic carbocycles. The molecule has 11 heteroatoms. The van der Waals surface area contributed by atoms with E-state index in [-0.39, 0.29) is 28.1 Å². The summed E-state index contributed by atoms with van der Waals surface area (Å²) in [6.07, 6.45) is 0.644. The Labute approximate surface area is 238 Å². The number of carbonyl (C=O) groups excluding carboxylic acids is 2. The predicted octanol–water partition coefficient (Wildman–Crippen LogP) is 5.48. The summed E-state index contributed by atoms with van der Waals surface area (Å²) in [7, 11) is 1.55. The number of amides is 1. The zero-order valence-electron chi connectivity index (χ0n) is 22.3. The van der Waals surface area contributed by atoms with Gasteiger partial charge in [-0.1, -0.05) is 29.5 Å². The molecule has 41 heavy (non-hydrogen) atoms. The third-order valence-electron chi connectivity index (χ3n) is 6.60. The van der Waals surface area contributed by atoms with Crippen LogP contribution in [0, 0.1) is 5.82 Å². The van der Waals surface area contributed by atoms with Gasteiger partial charge in [-0.05, 0) is 55.0 Å². The lowest BCUT2D eigenvalue weighted by atomic mass is 9.94. The number of aliphatic hydroxyl groups is 1. The van der Waals surface area contributed by atoms with E-state index in [1.54, 1.807) is 49.6 Å². The number of aliphatic hydroxyl groups excluding tert-OH is 1. The second kappa shape index (κ2) is 11.0. The molecule has 2 aliphatic heterocycles. The fraction of sp³-hybridized carbons (Fsp3) is 0.200. The third-order valence-corrected chi connectivity index (χ3v) is 7.62. The third kappa shape index (κ3) is 5.23. The van der Waals surface area contributed by atoms with E-state index >= 15 is 4.39 Å². The van der Waals surface area contributed by atoms with Crippen molar-refractivity contribution in [2.45, 2.75) is 32.4 Å². The van der Waals surface area contributed by atoms with Crippen LogP contribution in [0.25, 0.3) is 16.0 Å². The van der Waals surface area contributed by atoms with E-state index in [2.05, 4.69) is 4.98 Å². The van der Waals surface area contributed by atoms with Gasteiger partial charge >= 0.3 is 5.91 Å². The first-order valence-electron chi connectivity index (χ1n) is 12.6. The van der Waals surface area contributed by atoms with Crippen LogP contribution in [-0.4, -0.2) is 46.1 Å². The van der Waals surface area contributed by atoms with E-state index in [1.165, 1.54) is 34.4 Å². The minimum absolute atomic E-state index is 0.00551. The molecule has 2 N–H and O–H groups in total. The molecule has 6 rings (SSSR count). The summed E-state index contributed by atoms with van der Waals surface area (Å²) in [6.45, 7) is 3.02. The molecule has 210 valence electrons. The highest BCUT2D eigenvalue weighted by Crippen LogP contribution is 2.45. The normalized spacial score (nSPS) is 19.0. The van der Waals surface area contributed by atoms with Gasteiger partial charge in [0, 0.05) is 24.5 Å². The van der Waals surface area contributed by atoms with Crippen molar-refractivity contribution in [2.75, 3.05) is 12.0 Å². The Bertz CT molecular complexity index is 1730. The maximum atomic E-state index is 15.1. The molecule has 2 atom stereocenters. The highest BCUT2D eigenvalue weighted by Gasteiger charge is 2.49. The number of hydrogen-bond acceptors (Lipinski definition) is 8.